The van der Waals surface area contributed by atoms with E-state index in [1.807, 2.05) is 6.92 Å². The van der Waals surface area contributed by atoms with E-state index in [4.69, 9.17) is 4.74 Å². The van der Waals surface area contributed by atoms with Gasteiger partial charge < -0.3 is 4.74 Å². The van der Waals surface area contributed by atoms with Gasteiger partial charge in [-0.3, -0.25) is 14.9 Å². The molecule has 1 N–H and O–H groups in total. The molecule has 1 rings (SSSR count). The lowest BCUT2D eigenvalue weighted by Gasteiger charge is -2.27. The van der Waals surface area contributed by atoms with Gasteiger partial charge in [0, 0.05) is 17.8 Å². The molecule has 1 fully saturated rings. The first-order valence-corrected chi connectivity index (χ1v) is 10.2. The molecule has 1 saturated carbocycles. The summed E-state index contributed by atoms with van der Waals surface area (Å²) in [5.41, 5.74) is 0. The summed E-state index contributed by atoms with van der Waals surface area (Å²) in [6, 6.07) is -1.44. The van der Waals surface area contributed by atoms with Crippen LogP contribution >= 0.6 is 0 Å². The maximum absolute atomic E-state index is 12.1. The van der Waals surface area contributed by atoms with Gasteiger partial charge in [0.25, 0.3) is 0 Å². The molecule has 8 nitrogen and oxygen atoms in total. The summed E-state index contributed by atoms with van der Waals surface area (Å²) in [6.07, 6.45) is 3.78. The molecule has 0 amide bonds. The Morgan fingerprint density at radius 2 is 1.92 bits per heavy atom. The molecule has 0 heterocycles. The van der Waals surface area contributed by atoms with Gasteiger partial charge in [0.15, 0.2) is 0 Å². The summed E-state index contributed by atoms with van der Waals surface area (Å²) in [6.45, 7) is 3.75. The summed E-state index contributed by atoms with van der Waals surface area (Å²) in [7, 11) is -3.54. The van der Waals surface area contributed by atoms with Gasteiger partial charge in [-0.15, -0.1) is 0 Å². The van der Waals surface area contributed by atoms with Crippen LogP contribution in [0.3, 0.4) is 0 Å². The zero-order chi connectivity index (χ0) is 18.2. The molecule has 0 bridgehead atoms. The maximum atomic E-state index is 12.1. The molecule has 24 heavy (non-hydrogen) atoms. The Bertz CT molecular complexity index is 514. The van der Waals surface area contributed by atoms with E-state index >= 15 is 0 Å². The van der Waals surface area contributed by atoms with Crippen molar-refractivity contribution < 1.29 is 22.9 Å². The standard InChI is InChI=1S/C15H28N2O6S/c1-3-5-10-24(21,22)16-14(15(18)23-4-2)11-12-6-8-13(9-7-12)17(19)20/h12-14,16H,3-11H2,1-2H3. The summed E-state index contributed by atoms with van der Waals surface area (Å²) in [5, 5.41) is 10.8. The van der Waals surface area contributed by atoms with Crippen molar-refractivity contribution in [2.45, 2.75) is 70.9 Å². The van der Waals surface area contributed by atoms with Crippen molar-refractivity contribution in [1.82, 2.24) is 4.72 Å². The van der Waals surface area contributed by atoms with Crippen molar-refractivity contribution in [1.29, 1.82) is 0 Å². The number of sulfonamides is 1. The number of carbonyl (C=O) groups excluding carboxylic acids is 1. The van der Waals surface area contributed by atoms with Crippen LogP contribution in [0.15, 0.2) is 0 Å². The highest BCUT2D eigenvalue weighted by molar-refractivity contribution is 7.89. The number of nitrogens with zero attached hydrogens (tertiary/aromatic N) is 1. The number of carbonyl (C=O) groups is 1. The van der Waals surface area contributed by atoms with Gasteiger partial charge in [0.1, 0.15) is 6.04 Å². The molecule has 1 unspecified atom stereocenters. The van der Waals surface area contributed by atoms with E-state index in [0.717, 1.165) is 6.42 Å². The van der Waals surface area contributed by atoms with Crippen molar-refractivity contribution in [3.63, 3.8) is 0 Å². The number of hydrogen-bond donors (Lipinski definition) is 1. The van der Waals surface area contributed by atoms with E-state index in [9.17, 15) is 23.3 Å². The Morgan fingerprint density at radius 1 is 1.29 bits per heavy atom. The molecule has 0 aliphatic heterocycles. The second kappa shape index (κ2) is 9.93. The van der Waals surface area contributed by atoms with Crippen molar-refractivity contribution in [3.8, 4) is 0 Å². The second-order valence-electron chi connectivity index (χ2n) is 6.29. The molecule has 1 aliphatic rings. The van der Waals surface area contributed by atoms with Gasteiger partial charge in [-0.1, -0.05) is 13.3 Å². The fourth-order valence-electron chi connectivity index (χ4n) is 2.97. The smallest absolute Gasteiger partial charge is 0.324 e. The average Bonchev–Trinajstić information content (AvgIpc) is 2.53. The minimum atomic E-state index is -3.54. The molecule has 0 saturated heterocycles. The van der Waals surface area contributed by atoms with Crippen molar-refractivity contribution >= 4 is 16.0 Å². The molecular formula is C15H28N2O6S. The van der Waals surface area contributed by atoms with Gasteiger partial charge in [0.05, 0.1) is 12.4 Å². The van der Waals surface area contributed by atoms with Crippen LogP contribution in [-0.4, -0.2) is 43.8 Å². The number of ether oxygens (including phenoxy) is 1. The van der Waals surface area contributed by atoms with Crippen LogP contribution in [0.5, 0.6) is 0 Å². The molecule has 0 aromatic carbocycles. The van der Waals surface area contributed by atoms with E-state index in [1.165, 1.54) is 0 Å². The molecule has 1 atom stereocenters. The number of unbranched alkanes of at least 4 members (excludes halogenated alkanes) is 1. The Labute approximate surface area is 143 Å². The fourth-order valence-corrected chi connectivity index (χ4v) is 4.38. The molecule has 140 valence electrons. The van der Waals surface area contributed by atoms with Gasteiger partial charge in [-0.25, -0.2) is 13.1 Å². The van der Waals surface area contributed by atoms with Crippen LogP contribution < -0.4 is 4.72 Å². The fraction of sp³-hybridized carbons (Fsp3) is 0.933. The average molecular weight is 364 g/mol. The van der Waals surface area contributed by atoms with Gasteiger partial charge in [0.2, 0.25) is 16.1 Å². The molecule has 0 aromatic rings. The summed E-state index contributed by atoms with van der Waals surface area (Å²) in [5.74, 6) is -0.508. The number of rotatable bonds is 10. The van der Waals surface area contributed by atoms with Crippen LogP contribution in [-0.2, 0) is 19.6 Å². The molecule has 0 aromatic heterocycles. The third-order valence-electron chi connectivity index (χ3n) is 4.34. The minimum absolute atomic E-state index is 0.0204. The third kappa shape index (κ3) is 7.12. The highest BCUT2D eigenvalue weighted by Gasteiger charge is 2.33. The summed E-state index contributed by atoms with van der Waals surface area (Å²) >= 11 is 0. The lowest BCUT2D eigenvalue weighted by Crippen LogP contribution is -2.44. The van der Waals surface area contributed by atoms with E-state index in [0.29, 0.717) is 38.5 Å². The number of esters is 1. The first-order valence-electron chi connectivity index (χ1n) is 8.59. The SMILES string of the molecule is CCCCS(=O)(=O)NC(CC1CCC([N+](=O)[O-])CC1)C(=O)OCC. The Morgan fingerprint density at radius 3 is 2.42 bits per heavy atom. The molecule has 0 radical (unpaired) electrons. The van der Waals surface area contributed by atoms with E-state index in [1.54, 1.807) is 6.92 Å². The predicted octanol–water partition coefficient (Wildman–Crippen LogP) is 1.86. The largest absolute Gasteiger partial charge is 0.465 e. The first kappa shape index (κ1) is 20.8. The lowest BCUT2D eigenvalue weighted by molar-refractivity contribution is -0.527. The Hall–Kier alpha value is -1.22. The summed E-state index contributed by atoms with van der Waals surface area (Å²) < 4.78 is 31.6. The zero-order valence-electron chi connectivity index (χ0n) is 14.4. The van der Waals surface area contributed by atoms with E-state index in [-0.39, 0.29) is 23.2 Å². The second-order valence-corrected chi connectivity index (χ2v) is 8.16. The highest BCUT2D eigenvalue weighted by atomic mass is 32.2. The minimum Gasteiger partial charge on any atom is -0.465 e. The lowest BCUT2D eigenvalue weighted by atomic mass is 9.82. The Kier molecular flexibility index (Phi) is 8.61. The number of hydrogen-bond acceptors (Lipinski definition) is 6. The van der Waals surface area contributed by atoms with Crippen LogP contribution in [0.25, 0.3) is 0 Å². The molecule has 0 spiro atoms. The van der Waals surface area contributed by atoms with Crippen molar-refractivity contribution in [2.24, 2.45) is 5.92 Å². The maximum Gasteiger partial charge on any atom is 0.324 e. The zero-order valence-corrected chi connectivity index (χ0v) is 15.2. The predicted molar refractivity (Wildman–Crippen MR) is 89.6 cm³/mol. The third-order valence-corrected chi connectivity index (χ3v) is 5.81. The Balaban J connectivity index is 2.66. The highest BCUT2D eigenvalue weighted by Crippen LogP contribution is 2.29. The monoisotopic (exact) mass is 364 g/mol. The van der Waals surface area contributed by atoms with Crippen LogP contribution in [0.2, 0.25) is 0 Å². The molecule has 9 heteroatoms. The van der Waals surface area contributed by atoms with Crippen LogP contribution in [0, 0.1) is 16.0 Å². The quantitative estimate of drug-likeness (QED) is 0.359. The van der Waals surface area contributed by atoms with Crippen LogP contribution in [0.1, 0.15) is 58.8 Å². The number of nitro groups is 1. The van der Waals surface area contributed by atoms with Crippen LogP contribution in [0.4, 0.5) is 0 Å². The van der Waals surface area contributed by atoms with E-state index in [2.05, 4.69) is 4.72 Å². The number of nitrogens with one attached hydrogen (secondary N) is 1. The van der Waals surface area contributed by atoms with Gasteiger partial charge in [-0.05, 0) is 38.5 Å². The van der Waals surface area contributed by atoms with Crippen molar-refractivity contribution in [3.05, 3.63) is 10.1 Å². The normalized spacial score (nSPS) is 22.8. The molecule has 1 aliphatic carbocycles. The van der Waals surface area contributed by atoms with Gasteiger partial charge >= 0.3 is 5.97 Å². The van der Waals surface area contributed by atoms with E-state index < -0.39 is 28.1 Å². The topological polar surface area (TPSA) is 116 Å². The molecular weight excluding hydrogens is 336 g/mol. The van der Waals surface area contributed by atoms with Crippen molar-refractivity contribution in [2.75, 3.05) is 12.4 Å². The first-order chi connectivity index (χ1) is 11.3. The summed E-state index contributed by atoms with van der Waals surface area (Å²) in [4.78, 5) is 22.6. The van der Waals surface area contributed by atoms with Gasteiger partial charge in [-0.2, -0.15) is 0 Å².